The van der Waals surface area contributed by atoms with Gasteiger partial charge in [0.1, 0.15) is 0 Å². The topological polar surface area (TPSA) is 54.4 Å². The van der Waals surface area contributed by atoms with E-state index in [1.807, 2.05) is 25.3 Å². The summed E-state index contributed by atoms with van der Waals surface area (Å²) in [5, 5.41) is 8.64. The quantitative estimate of drug-likeness (QED) is 0.844. The first-order chi connectivity index (χ1) is 12.7. The number of anilines is 1. The standard InChI is InChI=1S/C20H27N5O/c1-17-6-7-19(23-22-17)25-10-4-8-20(15-25)14-24(11-12-26-16-20)13-18-5-2-3-9-21-18/h2-3,5-7,9H,4,8,10-16H2,1H3/t20-/m0/s1. The Balaban J connectivity index is 1.49. The second-order valence-corrected chi connectivity index (χ2v) is 7.64. The zero-order chi connectivity index (χ0) is 17.8. The molecule has 4 rings (SSSR count). The first kappa shape index (κ1) is 17.4. The van der Waals surface area contributed by atoms with Gasteiger partial charge in [-0.15, -0.1) is 5.10 Å². The Hall–Kier alpha value is -2.05. The highest BCUT2D eigenvalue weighted by molar-refractivity contribution is 5.38. The van der Waals surface area contributed by atoms with Crippen LogP contribution in [0.1, 0.15) is 24.2 Å². The average Bonchev–Trinajstić information content (AvgIpc) is 2.85. The van der Waals surface area contributed by atoms with Gasteiger partial charge in [-0.3, -0.25) is 9.88 Å². The number of piperidine rings is 1. The van der Waals surface area contributed by atoms with E-state index in [0.29, 0.717) is 0 Å². The van der Waals surface area contributed by atoms with Crippen molar-refractivity contribution in [2.24, 2.45) is 5.41 Å². The van der Waals surface area contributed by atoms with E-state index in [4.69, 9.17) is 4.74 Å². The maximum atomic E-state index is 6.03. The monoisotopic (exact) mass is 353 g/mol. The molecule has 2 aliphatic rings. The van der Waals surface area contributed by atoms with Crippen LogP contribution in [-0.4, -0.2) is 59.5 Å². The van der Waals surface area contributed by atoms with Crippen LogP contribution in [0.3, 0.4) is 0 Å². The number of aromatic nitrogens is 3. The van der Waals surface area contributed by atoms with Crippen molar-refractivity contribution in [2.45, 2.75) is 26.3 Å². The fourth-order valence-electron chi connectivity index (χ4n) is 4.15. The molecule has 6 nitrogen and oxygen atoms in total. The molecule has 0 bridgehead atoms. The van der Waals surface area contributed by atoms with Gasteiger partial charge < -0.3 is 9.64 Å². The summed E-state index contributed by atoms with van der Waals surface area (Å²) < 4.78 is 6.03. The van der Waals surface area contributed by atoms with Crippen molar-refractivity contribution in [1.29, 1.82) is 0 Å². The van der Waals surface area contributed by atoms with Gasteiger partial charge in [0.15, 0.2) is 5.82 Å². The zero-order valence-corrected chi connectivity index (χ0v) is 15.5. The van der Waals surface area contributed by atoms with Gasteiger partial charge in [0.05, 0.1) is 24.6 Å². The first-order valence-corrected chi connectivity index (χ1v) is 9.48. The molecule has 2 fully saturated rings. The molecule has 1 atom stereocenters. The highest BCUT2D eigenvalue weighted by atomic mass is 16.5. The van der Waals surface area contributed by atoms with E-state index in [-0.39, 0.29) is 5.41 Å². The molecular weight excluding hydrogens is 326 g/mol. The molecule has 6 heteroatoms. The van der Waals surface area contributed by atoms with Crippen molar-refractivity contribution in [3.8, 4) is 0 Å². The maximum absolute atomic E-state index is 6.03. The highest BCUT2D eigenvalue weighted by Gasteiger charge is 2.39. The molecule has 138 valence electrons. The smallest absolute Gasteiger partial charge is 0.151 e. The number of rotatable bonds is 3. The molecule has 1 spiro atoms. The van der Waals surface area contributed by atoms with E-state index in [2.05, 4.69) is 43.2 Å². The molecule has 0 saturated carbocycles. The summed E-state index contributed by atoms with van der Waals surface area (Å²) in [5.41, 5.74) is 2.23. The average molecular weight is 353 g/mol. The summed E-state index contributed by atoms with van der Waals surface area (Å²) in [5.74, 6) is 0.982. The third-order valence-electron chi connectivity index (χ3n) is 5.40. The Morgan fingerprint density at radius 2 is 2.08 bits per heavy atom. The minimum Gasteiger partial charge on any atom is -0.379 e. The SMILES string of the molecule is Cc1ccc(N2CCC[C@@]3(COCCN(Cc4ccccn4)C3)C2)nn1. The van der Waals surface area contributed by atoms with Crippen LogP contribution >= 0.6 is 0 Å². The number of hydrogen-bond acceptors (Lipinski definition) is 6. The second kappa shape index (κ2) is 7.68. The van der Waals surface area contributed by atoms with E-state index >= 15 is 0 Å². The summed E-state index contributed by atoms with van der Waals surface area (Å²) >= 11 is 0. The lowest BCUT2D eigenvalue weighted by atomic mass is 9.80. The number of ether oxygens (including phenoxy) is 1. The van der Waals surface area contributed by atoms with Crippen LogP contribution in [-0.2, 0) is 11.3 Å². The van der Waals surface area contributed by atoms with Crippen LogP contribution in [0.5, 0.6) is 0 Å². The molecule has 4 heterocycles. The molecule has 26 heavy (non-hydrogen) atoms. The molecule has 2 aromatic heterocycles. The minimum absolute atomic E-state index is 0.149. The van der Waals surface area contributed by atoms with Crippen LogP contribution in [0.2, 0.25) is 0 Å². The fourth-order valence-corrected chi connectivity index (χ4v) is 4.15. The van der Waals surface area contributed by atoms with Gasteiger partial charge in [-0.2, -0.15) is 5.10 Å². The van der Waals surface area contributed by atoms with Crippen LogP contribution in [0.15, 0.2) is 36.5 Å². The molecule has 0 N–H and O–H groups in total. The summed E-state index contributed by atoms with van der Waals surface area (Å²) in [7, 11) is 0. The Bertz CT molecular complexity index is 708. The van der Waals surface area contributed by atoms with Crippen molar-refractivity contribution in [1.82, 2.24) is 20.1 Å². The van der Waals surface area contributed by atoms with E-state index in [1.54, 1.807) is 0 Å². The lowest BCUT2D eigenvalue weighted by Gasteiger charge is -2.44. The van der Waals surface area contributed by atoms with Gasteiger partial charge >= 0.3 is 0 Å². The third kappa shape index (κ3) is 4.02. The second-order valence-electron chi connectivity index (χ2n) is 7.64. The van der Waals surface area contributed by atoms with Crippen LogP contribution in [0, 0.1) is 12.3 Å². The van der Waals surface area contributed by atoms with Crippen molar-refractivity contribution < 1.29 is 4.74 Å². The van der Waals surface area contributed by atoms with Gasteiger partial charge in [0, 0.05) is 44.3 Å². The molecule has 0 amide bonds. The van der Waals surface area contributed by atoms with Gasteiger partial charge in [-0.25, -0.2) is 0 Å². The van der Waals surface area contributed by atoms with Gasteiger partial charge in [-0.05, 0) is 44.0 Å². The molecule has 0 unspecified atom stereocenters. The summed E-state index contributed by atoms with van der Waals surface area (Å²) in [4.78, 5) is 9.37. The fraction of sp³-hybridized carbons (Fsp3) is 0.550. The Morgan fingerprint density at radius 1 is 1.12 bits per heavy atom. The van der Waals surface area contributed by atoms with Crippen molar-refractivity contribution >= 4 is 5.82 Å². The number of nitrogens with zero attached hydrogens (tertiary/aromatic N) is 5. The Kier molecular flexibility index (Phi) is 5.13. The van der Waals surface area contributed by atoms with E-state index in [0.717, 1.165) is 69.6 Å². The first-order valence-electron chi connectivity index (χ1n) is 9.48. The van der Waals surface area contributed by atoms with Gasteiger partial charge in [-0.1, -0.05) is 6.07 Å². The van der Waals surface area contributed by atoms with E-state index in [9.17, 15) is 0 Å². The normalized spacial score (nSPS) is 24.6. The van der Waals surface area contributed by atoms with Crippen LogP contribution in [0.4, 0.5) is 5.82 Å². The van der Waals surface area contributed by atoms with Crippen molar-refractivity contribution in [2.75, 3.05) is 44.3 Å². The number of hydrogen-bond donors (Lipinski definition) is 0. The molecule has 0 radical (unpaired) electrons. The predicted octanol–water partition coefficient (Wildman–Crippen LogP) is 2.30. The Morgan fingerprint density at radius 3 is 2.88 bits per heavy atom. The highest BCUT2D eigenvalue weighted by Crippen LogP contribution is 2.34. The molecule has 2 aliphatic heterocycles. The summed E-state index contributed by atoms with van der Waals surface area (Å²) in [6, 6.07) is 10.3. The predicted molar refractivity (Wildman–Crippen MR) is 101 cm³/mol. The molecule has 2 aromatic rings. The maximum Gasteiger partial charge on any atom is 0.151 e. The largest absolute Gasteiger partial charge is 0.379 e. The molecule has 2 saturated heterocycles. The third-order valence-corrected chi connectivity index (χ3v) is 5.40. The minimum atomic E-state index is 0.149. The van der Waals surface area contributed by atoms with Gasteiger partial charge in [0.2, 0.25) is 0 Å². The molecular formula is C20H27N5O. The van der Waals surface area contributed by atoms with Crippen molar-refractivity contribution in [3.63, 3.8) is 0 Å². The lowest BCUT2D eigenvalue weighted by Crippen LogP contribution is -2.50. The summed E-state index contributed by atoms with van der Waals surface area (Å²) in [6.07, 6.45) is 4.23. The zero-order valence-electron chi connectivity index (χ0n) is 15.5. The van der Waals surface area contributed by atoms with Gasteiger partial charge in [0.25, 0.3) is 0 Å². The Labute approximate surface area is 155 Å². The number of pyridine rings is 1. The lowest BCUT2D eigenvalue weighted by molar-refractivity contribution is 0.0555. The van der Waals surface area contributed by atoms with Crippen LogP contribution < -0.4 is 4.90 Å². The van der Waals surface area contributed by atoms with E-state index in [1.165, 1.54) is 6.42 Å². The summed E-state index contributed by atoms with van der Waals surface area (Å²) in [6.45, 7) is 8.49. The van der Waals surface area contributed by atoms with Crippen molar-refractivity contribution in [3.05, 3.63) is 47.9 Å². The van der Waals surface area contributed by atoms with Crippen LogP contribution in [0.25, 0.3) is 0 Å². The molecule has 0 aliphatic carbocycles. The molecule has 0 aromatic carbocycles. The van der Waals surface area contributed by atoms with E-state index < -0.39 is 0 Å². The number of aryl methyl sites for hydroxylation is 1.